The first kappa shape index (κ1) is 16.6. The highest BCUT2D eigenvalue weighted by Gasteiger charge is 2.37. The summed E-state index contributed by atoms with van der Waals surface area (Å²) in [4.78, 5) is 21.9. The maximum absolute atomic E-state index is 14.9. The van der Waals surface area contributed by atoms with Crippen LogP contribution in [-0.4, -0.2) is 45.3 Å². The predicted octanol–water partition coefficient (Wildman–Crippen LogP) is 3.07. The average Bonchev–Trinajstić information content (AvgIpc) is 2.40. The third-order valence-electron chi connectivity index (χ3n) is 3.64. The van der Waals surface area contributed by atoms with E-state index < -0.39 is 11.3 Å². The van der Waals surface area contributed by atoms with Crippen molar-refractivity contribution < 1.29 is 13.9 Å². The van der Waals surface area contributed by atoms with Crippen molar-refractivity contribution in [2.24, 2.45) is 0 Å². The van der Waals surface area contributed by atoms with Gasteiger partial charge in [0.15, 0.2) is 0 Å². The number of halogens is 1. The Balaban J connectivity index is 1.90. The molecule has 0 unspecified atom stereocenters. The van der Waals surface area contributed by atoms with Crippen LogP contribution in [0.4, 0.5) is 9.18 Å². The van der Waals surface area contributed by atoms with E-state index in [0.717, 1.165) is 5.69 Å². The zero-order chi connectivity index (χ0) is 16.4. The van der Waals surface area contributed by atoms with Crippen molar-refractivity contribution in [1.29, 1.82) is 0 Å². The van der Waals surface area contributed by atoms with Gasteiger partial charge in [-0.1, -0.05) is 0 Å². The quantitative estimate of drug-likeness (QED) is 0.842. The van der Waals surface area contributed by atoms with E-state index in [9.17, 15) is 9.18 Å². The van der Waals surface area contributed by atoms with E-state index in [1.165, 1.54) is 0 Å². The number of amides is 1. The van der Waals surface area contributed by atoms with Gasteiger partial charge in [-0.15, -0.1) is 0 Å². The van der Waals surface area contributed by atoms with Gasteiger partial charge in [-0.25, -0.2) is 9.18 Å². The van der Waals surface area contributed by atoms with Crippen LogP contribution in [0.25, 0.3) is 0 Å². The normalized spacial score (nSPS) is 18.1. The minimum Gasteiger partial charge on any atom is -0.444 e. The molecule has 0 bridgehead atoms. The smallest absolute Gasteiger partial charge is 0.410 e. The van der Waals surface area contributed by atoms with E-state index >= 15 is 0 Å². The number of ether oxygens (including phenoxy) is 1. The SMILES string of the molecule is Cc1cnc(CC2(F)CCN(C(=O)OC(C)(C)C)CC2)cn1. The van der Waals surface area contributed by atoms with Crippen molar-refractivity contribution in [3.8, 4) is 0 Å². The van der Waals surface area contributed by atoms with Crippen molar-refractivity contribution in [3.63, 3.8) is 0 Å². The maximum Gasteiger partial charge on any atom is 0.410 e. The van der Waals surface area contributed by atoms with E-state index in [0.29, 0.717) is 31.6 Å². The van der Waals surface area contributed by atoms with Gasteiger partial charge < -0.3 is 9.64 Å². The zero-order valence-corrected chi connectivity index (χ0v) is 13.7. The van der Waals surface area contributed by atoms with Crippen LogP contribution in [0.3, 0.4) is 0 Å². The molecule has 22 heavy (non-hydrogen) atoms. The molecule has 0 spiro atoms. The van der Waals surface area contributed by atoms with Crippen molar-refractivity contribution in [1.82, 2.24) is 14.9 Å². The molecule has 2 rings (SSSR count). The monoisotopic (exact) mass is 309 g/mol. The molecule has 1 saturated heterocycles. The summed E-state index contributed by atoms with van der Waals surface area (Å²) >= 11 is 0. The molecule has 6 heteroatoms. The Bertz CT molecular complexity index is 517. The first-order valence-corrected chi connectivity index (χ1v) is 7.61. The Morgan fingerprint density at radius 3 is 2.45 bits per heavy atom. The average molecular weight is 309 g/mol. The number of nitrogens with zero attached hydrogens (tertiary/aromatic N) is 3. The molecule has 0 saturated carbocycles. The van der Waals surface area contributed by atoms with E-state index in [4.69, 9.17) is 4.74 Å². The second-order valence-corrected chi connectivity index (χ2v) is 6.94. The number of rotatable bonds is 2. The molecule has 1 aromatic rings. The lowest BCUT2D eigenvalue weighted by Crippen LogP contribution is -2.47. The molecule has 1 amide bonds. The van der Waals surface area contributed by atoms with Gasteiger partial charge >= 0.3 is 6.09 Å². The summed E-state index contributed by atoms with van der Waals surface area (Å²) in [6.07, 6.45) is 3.72. The van der Waals surface area contributed by atoms with Crippen molar-refractivity contribution in [2.45, 2.75) is 58.2 Å². The number of carbonyl (C=O) groups is 1. The number of piperidine rings is 1. The number of aryl methyl sites for hydroxylation is 1. The van der Waals surface area contributed by atoms with Crippen LogP contribution in [0.5, 0.6) is 0 Å². The van der Waals surface area contributed by atoms with Gasteiger partial charge in [0.1, 0.15) is 11.3 Å². The summed E-state index contributed by atoms with van der Waals surface area (Å²) in [6, 6.07) is 0. The molecule has 0 N–H and O–H groups in total. The molecule has 1 aliphatic heterocycles. The van der Waals surface area contributed by atoms with E-state index in [-0.39, 0.29) is 12.5 Å². The Morgan fingerprint density at radius 2 is 1.95 bits per heavy atom. The largest absolute Gasteiger partial charge is 0.444 e. The second-order valence-electron chi connectivity index (χ2n) is 6.94. The molecule has 0 radical (unpaired) electrons. The van der Waals surface area contributed by atoms with Crippen LogP contribution in [0.2, 0.25) is 0 Å². The summed E-state index contributed by atoms with van der Waals surface area (Å²) in [5.41, 5.74) is -0.392. The Hall–Kier alpha value is -1.72. The van der Waals surface area contributed by atoms with Gasteiger partial charge in [0, 0.05) is 31.9 Å². The van der Waals surface area contributed by atoms with Gasteiger partial charge in [0.05, 0.1) is 11.4 Å². The summed E-state index contributed by atoms with van der Waals surface area (Å²) in [7, 11) is 0. The minimum atomic E-state index is -1.33. The first-order valence-electron chi connectivity index (χ1n) is 7.61. The van der Waals surface area contributed by atoms with Gasteiger partial charge in [-0.3, -0.25) is 9.97 Å². The minimum absolute atomic E-state index is 0.239. The maximum atomic E-state index is 14.9. The fraction of sp³-hybridized carbons (Fsp3) is 0.688. The van der Waals surface area contributed by atoms with E-state index in [2.05, 4.69) is 9.97 Å². The predicted molar refractivity (Wildman–Crippen MR) is 81.4 cm³/mol. The van der Waals surface area contributed by atoms with Crippen LogP contribution in [-0.2, 0) is 11.2 Å². The molecule has 2 heterocycles. The molecule has 0 aromatic carbocycles. The molecular formula is C16H24FN3O2. The molecule has 0 atom stereocenters. The van der Waals surface area contributed by atoms with Crippen molar-refractivity contribution in [3.05, 3.63) is 23.8 Å². The summed E-state index contributed by atoms with van der Waals surface area (Å²) in [6.45, 7) is 8.05. The van der Waals surface area contributed by atoms with Crippen LogP contribution in [0, 0.1) is 6.92 Å². The zero-order valence-electron chi connectivity index (χ0n) is 13.7. The molecule has 1 fully saturated rings. The van der Waals surface area contributed by atoms with Gasteiger partial charge in [-0.2, -0.15) is 0 Å². The number of carbonyl (C=O) groups excluding carboxylic acids is 1. The molecule has 0 aliphatic carbocycles. The van der Waals surface area contributed by atoms with Crippen LogP contribution >= 0.6 is 0 Å². The Morgan fingerprint density at radius 1 is 1.32 bits per heavy atom. The fourth-order valence-corrected chi connectivity index (χ4v) is 2.43. The molecule has 1 aromatic heterocycles. The lowest BCUT2D eigenvalue weighted by molar-refractivity contribution is 0.00320. The fourth-order valence-electron chi connectivity index (χ4n) is 2.43. The lowest BCUT2D eigenvalue weighted by Gasteiger charge is -2.36. The van der Waals surface area contributed by atoms with Gasteiger partial charge in [0.25, 0.3) is 0 Å². The number of likely N-dealkylation sites (tertiary alicyclic amines) is 1. The topological polar surface area (TPSA) is 55.3 Å². The van der Waals surface area contributed by atoms with E-state index in [1.54, 1.807) is 17.3 Å². The van der Waals surface area contributed by atoms with Crippen molar-refractivity contribution in [2.75, 3.05) is 13.1 Å². The van der Waals surface area contributed by atoms with Crippen molar-refractivity contribution >= 4 is 6.09 Å². The van der Waals surface area contributed by atoms with Crippen LogP contribution in [0.1, 0.15) is 45.0 Å². The third kappa shape index (κ3) is 4.64. The molecule has 1 aliphatic rings. The summed E-state index contributed by atoms with van der Waals surface area (Å²) in [5, 5.41) is 0. The van der Waals surface area contributed by atoms with Gasteiger partial charge in [-0.05, 0) is 40.5 Å². The lowest BCUT2D eigenvalue weighted by atomic mass is 9.89. The Kier molecular flexibility index (Phi) is 4.68. The number of hydrogen-bond acceptors (Lipinski definition) is 4. The third-order valence-corrected chi connectivity index (χ3v) is 3.64. The summed E-state index contributed by atoms with van der Waals surface area (Å²) in [5.74, 6) is 0. The van der Waals surface area contributed by atoms with Crippen LogP contribution in [0.15, 0.2) is 12.4 Å². The number of aromatic nitrogens is 2. The highest BCUT2D eigenvalue weighted by Crippen LogP contribution is 2.30. The highest BCUT2D eigenvalue weighted by atomic mass is 19.1. The summed E-state index contributed by atoms with van der Waals surface area (Å²) < 4.78 is 20.2. The van der Waals surface area contributed by atoms with Gasteiger partial charge in [0.2, 0.25) is 0 Å². The Labute approximate surface area is 130 Å². The molecule has 5 nitrogen and oxygen atoms in total. The van der Waals surface area contributed by atoms with Crippen LogP contribution < -0.4 is 0 Å². The number of hydrogen-bond donors (Lipinski definition) is 0. The second kappa shape index (κ2) is 6.18. The standard InChI is InChI=1S/C16H24FN3O2/c1-12-10-19-13(11-18-12)9-16(17)5-7-20(8-6-16)14(21)22-15(2,3)4/h10-11H,5-9H2,1-4H3. The molecular weight excluding hydrogens is 285 g/mol. The highest BCUT2D eigenvalue weighted by molar-refractivity contribution is 5.68. The first-order chi connectivity index (χ1) is 10.2. The number of alkyl halides is 1. The van der Waals surface area contributed by atoms with E-state index in [1.807, 2.05) is 27.7 Å². The molecule has 122 valence electrons.